The van der Waals surface area contributed by atoms with Crippen molar-refractivity contribution in [2.45, 2.75) is 37.8 Å². The Bertz CT molecular complexity index is 455. The average Bonchev–Trinajstić information content (AvgIpc) is 2.48. The van der Waals surface area contributed by atoms with E-state index in [4.69, 9.17) is 4.74 Å². The summed E-state index contributed by atoms with van der Waals surface area (Å²) in [6, 6.07) is 8.10. The van der Waals surface area contributed by atoms with Crippen molar-refractivity contribution in [2.75, 3.05) is 13.2 Å². The second kappa shape index (κ2) is 5.61. The van der Waals surface area contributed by atoms with E-state index >= 15 is 0 Å². The molecule has 1 aromatic rings. The predicted molar refractivity (Wildman–Crippen MR) is 73.2 cm³/mol. The fourth-order valence-electron chi connectivity index (χ4n) is 2.80. The first-order chi connectivity index (χ1) is 9.33. The third kappa shape index (κ3) is 2.89. The molecule has 4 heteroatoms. The van der Waals surface area contributed by atoms with E-state index in [9.17, 15) is 4.79 Å². The van der Waals surface area contributed by atoms with Gasteiger partial charge in [-0.15, -0.1) is 0 Å². The monoisotopic (exact) mass is 260 g/mol. The van der Waals surface area contributed by atoms with E-state index in [1.54, 1.807) is 0 Å². The molecular weight excluding hydrogens is 240 g/mol. The Morgan fingerprint density at radius 3 is 3.05 bits per heavy atom. The maximum atomic E-state index is 12.1. The molecular formula is C15H20N2O2. The number of rotatable bonds is 2. The van der Waals surface area contributed by atoms with Crippen LogP contribution in [0.15, 0.2) is 24.3 Å². The normalized spacial score (nSPS) is 26.1. The molecule has 2 heterocycles. The molecule has 4 nitrogen and oxygen atoms in total. The molecule has 1 amide bonds. The third-order valence-corrected chi connectivity index (χ3v) is 3.85. The quantitative estimate of drug-likeness (QED) is 0.841. The third-order valence-electron chi connectivity index (χ3n) is 3.85. The van der Waals surface area contributed by atoms with Crippen molar-refractivity contribution in [2.24, 2.45) is 0 Å². The van der Waals surface area contributed by atoms with Crippen molar-refractivity contribution < 1.29 is 9.53 Å². The highest BCUT2D eigenvalue weighted by Gasteiger charge is 2.25. The average molecular weight is 260 g/mol. The molecule has 0 radical (unpaired) electrons. The first kappa shape index (κ1) is 12.5. The van der Waals surface area contributed by atoms with Crippen LogP contribution in [0.25, 0.3) is 0 Å². The number of fused-ring (bicyclic) bond motifs is 1. The van der Waals surface area contributed by atoms with Crippen LogP contribution in [0.4, 0.5) is 0 Å². The molecule has 1 unspecified atom stereocenters. The lowest BCUT2D eigenvalue weighted by atomic mass is 10.0. The van der Waals surface area contributed by atoms with Gasteiger partial charge in [-0.2, -0.15) is 0 Å². The van der Waals surface area contributed by atoms with Crippen LogP contribution < -0.4 is 15.4 Å². The lowest BCUT2D eigenvalue weighted by Crippen LogP contribution is -2.52. The number of hydrogen-bond acceptors (Lipinski definition) is 3. The van der Waals surface area contributed by atoms with Crippen molar-refractivity contribution in [3.05, 3.63) is 29.8 Å². The molecule has 0 aliphatic carbocycles. The van der Waals surface area contributed by atoms with Crippen LogP contribution in [0.2, 0.25) is 0 Å². The number of amides is 1. The van der Waals surface area contributed by atoms with Gasteiger partial charge in [-0.25, -0.2) is 0 Å². The van der Waals surface area contributed by atoms with E-state index in [1.807, 2.05) is 18.2 Å². The first-order valence-electron chi connectivity index (χ1n) is 7.07. The molecule has 2 atom stereocenters. The minimum Gasteiger partial charge on any atom is -0.491 e. The summed E-state index contributed by atoms with van der Waals surface area (Å²) < 4.78 is 5.69. The zero-order valence-electron chi connectivity index (χ0n) is 11.0. The molecule has 0 bridgehead atoms. The van der Waals surface area contributed by atoms with Gasteiger partial charge in [-0.3, -0.25) is 4.79 Å². The van der Waals surface area contributed by atoms with E-state index in [1.165, 1.54) is 12.0 Å². The van der Waals surface area contributed by atoms with Gasteiger partial charge in [0, 0.05) is 0 Å². The highest BCUT2D eigenvalue weighted by molar-refractivity contribution is 5.82. The second-order valence-electron chi connectivity index (χ2n) is 5.33. The minimum atomic E-state index is -0.0223. The maximum Gasteiger partial charge on any atom is 0.237 e. The largest absolute Gasteiger partial charge is 0.491 e. The van der Waals surface area contributed by atoms with Crippen molar-refractivity contribution in [1.29, 1.82) is 0 Å². The van der Waals surface area contributed by atoms with Crippen molar-refractivity contribution in [3.63, 3.8) is 0 Å². The number of piperidine rings is 1. The van der Waals surface area contributed by atoms with Gasteiger partial charge in [0.1, 0.15) is 12.4 Å². The van der Waals surface area contributed by atoms with E-state index in [0.717, 1.165) is 31.6 Å². The number of benzene rings is 1. The zero-order chi connectivity index (χ0) is 13.1. The Morgan fingerprint density at radius 2 is 2.21 bits per heavy atom. The van der Waals surface area contributed by atoms with Crippen molar-refractivity contribution in [1.82, 2.24) is 10.6 Å². The zero-order valence-corrected chi connectivity index (χ0v) is 11.0. The summed E-state index contributed by atoms with van der Waals surface area (Å²) in [7, 11) is 0. The summed E-state index contributed by atoms with van der Waals surface area (Å²) in [6.45, 7) is 1.51. The van der Waals surface area contributed by atoms with Crippen molar-refractivity contribution in [3.8, 4) is 5.75 Å². The van der Waals surface area contributed by atoms with Gasteiger partial charge in [0.2, 0.25) is 5.91 Å². The van der Waals surface area contributed by atoms with Gasteiger partial charge in [0.25, 0.3) is 0 Å². The molecule has 1 saturated heterocycles. The summed E-state index contributed by atoms with van der Waals surface area (Å²) in [5, 5.41) is 6.38. The Kier molecular flexibility index (Phi) is 3.69. The van der Waals surface area contributed by atoms with Crippen LogP contribution in [-0.2, 0) is 11.2 Å². The summed E-state index contributed by atoms with van der Waals surface area (Å²) in [6.07, 6.45) is 4.10. The van der Waals surface area contributed by atoms with Gasteiger partial charge in [0.15, 0.2) is 0 Å². The number of para-hydroxylation sites is 1. The van der Waals surface area contributed by atoms with Crippen LogP contribution in [0, 0.1) is 0 Å². The van der Waals surface area contributed by atoms with Gasteiger partial charge in [0.05, 0.1) is 12.1 Å². The standard InChI is InChI=1S/C15H20N2O2/c18-15(13-6-3-4-8-16-13)17-12-9-11-5-1-2-7-14(11)19-10-12/h1-2,5,7,12-13,16H,3-4,6,8-10H2,(H,17,18)/t12?,13-/m1/s1. The molecule has 1 aromatic carbocycles. The molecule has 1 fully saturated rings. The number of nitrogens with one attached hydrogen (secondary N) is 2. The Labute approximate surface area is 113 Å². The number of carbonyl (C=O) groups excluding carboxylic acids is 1. The molecule has 3 rings (SSSR count). The lowest BCUT2D eigenvalue weighted by molar-refractivity contribution is -0.124. The predicted octanol–water partition coefficient (Wildman–Crippen LogP) is 1.25. The summed E-state index contributed by atoms with van der Waals surface area (Å²) in [4.78, 5) is 12.1. The fraction of sp³-hybridized carbons (Fsp3) is 0.533. The number of ether oxygens (including phenoxy) is 1. The van der Waals surface area contributed by atoms with E-state index in [0.29, 0.717) is 6.61 Å². The minimum absolute atomic E-state index is 0.0223. The molecule has 19 heavy (non-hydrogen) atoms. The molecule has 0 spiro atoms. The van der Waals surface area contributed by atoms with Gasteiger partial charge in [-0.05, 0) is 37.4 Å². The molecule has 2 aliphatic heterocycles. The first-order valence-corrected chi connectivity index (χ1v) is 7.07. The molecule has 0 saturated carbocycles. The maximum absolute atomic E-state index is 12.1. The van der Waals surface area contributed by atoms with E-state index in [2.05, 4.69) is 16.7 Å². The summed E-state index contributed by atoms with van der Waals surface area (Å²) in [5.41, 5.74) is 1.18. The number of hydrogen-bond donors (Lipinski definition) is 2. The van der Waals surface area contributed by atoms with Gasteiger partial charge >= 0.3 is 0 Å². The van der Waals surface area contributed by atoms with E-state index in [-0.39, 0.29) is 18.0 Å². The molecule has 0 aromatic heterocycles. The SMILES string of the molecule is O=C(NC1COc2ccccc2C1)[C@H]1CCCCN1. The topological polar surface area (TPSA) is 50.4 Å². The van der Waals surface area contributed by atoms with Crippen LogP contribution in [0.3, 0.4) is 0 Å². The summed E-state index contributed by atoms with van der Waals surface area (Å²) in [5.74, 6) is 1.07. The molecule has 2 N–H and O–H groups in total. The number of carbonyl (C=O) groups is 1. The Morgan fingerprint density at radius 1 is 1.32 bits per heavy atom. The van der Waals surface area contributed by atoms with Crippen LogP contribution in [0.1, 0.15) is 24.8 Å². The molecule has 2 aliphatic rings. The summed E-state index contributed by atoms with van der Waals surface area (Å²) >= 11 is 0. The van der Waals surface area contributed by atoms with Crippen LogP contribution >= 0.6 is 0 Å². The second-order valence-corrected chi connectivity index (χ2v) is 5.33. The van der Waals surface area contributed by atoms with Crippen LogP contribution in [-0.4, -0.2) is 31.1 Å². The highest BCUT2D eigenvalue weighted by atomic mass is 16.5. The van der Waals surface area contributed by atoms with Gasteiger partial charge < -0.3 is 15.4 Å². The van der Waals surface area contributed by atoms with E-state index < -0.39 is 0 Å². The molecule has 102 valence electrons. The lowest BCUT2D eigenvalue weighted by Gasteiger charge is -2.29. The Hall–Kier alpha value is -1.55. The smallest absolute Gasteiger partial charge is 0.237 e. The van der Waals surface area contributed by atoms with Crippen LogP contribution in [0.5, 0.6) is 5.75 Å². The Balaban J connectivity index is 1.58. The van der Waals surface area contributed by atoms with Crippen molar-refractivity contribution >= 4 is 5.91 Å². The fourth-order valence-corrected chi connectivity index (χ4v) is 2.80. The highest BCUT2D eigenvalue weighted by Crippen LogP contribution is 2.24. The van der Waals surface area contributed by atoms with Gasteiger partial charge in [-0.1, -0.05) is 24.6 Å².